The Morgan fingerprint density at radius 1 is 0.941 bits per heavy atom. The van der Waals surface area contributed by atoms with Gasteiger partial charge < -0.3 is 11.1 Å². The minimum Gasteiger partial charge on any atom is -0.397 e. The van der Waals surface area contributed by atoms with Gasteiger partial charge in [-0.2, -0.15) is 0 Å². The van der Waals surface area contributed by atoms with E-state index in [4.69, 9.17) is 5.73 Å². The summed E-state index contributed by atoms with van der Waals surface area (Å²) in [6.07, 6.45) is 0. The minimum atomic E-state index is -0.812. The van der Waals surface area contributed by atoms with Crippen LogP contribution in [0.3, 0.4) is 0 Å². The van der Waals surface area contributed by atoms with E-state index in [1.54, 1.807) is 0 Å². The number of nitrogens with one attached hydrogen (secondary N) is 1. The molecule has 0 saturated heterocycles. The molecule has 0 radical (unpaired) electrons. The summed E-state index contributed by atoms with van der Waals surface area (Å²) in [6, 6.07) is 7.07. The van der Waals surface area contributed by atoms with Gasteiger partial charge in [0.2, 0.25) is 0 Å². The molecule has 0 spiro atoms. The number of hydrogen-bond donors (Lipinski definition) is 2. The second-order valence-corrected chi connectivity index (χ2v) is 3.45. The second kappa shape index (κ2) is 4.37. The Bertz CT molecular complexity index is 535. The lowest BCUT2D eigenvalue weighted by molar-refractivity contribution is 0.585. The van der Waals surface area contributed by atoms with E-state index in [-0.39, 0.29) is 17.1 Å². The molecule has 2 aromatic carbocycles. The molecule has 0 bridgehead atoms. The van der Waals surface area contributed by atoms with E-state index in [9.17, 15) is 13.2 Å². The van der Waals surface area contributed by atoms with E-state index in [0.29, 0.717) is 6.07 Å². The molecule has 0 saturated carbocycles. The smallest absolute Gasteiger partial charge is 0.149 e. The summed E-state index contributed by atoms with van der Waals surface area (Å²) in [7, 11) is 0. The standard InChI is InChI=1S/C12H9F3N2/c13-7-4-5-11(9(15)6-7)17-12-8(14)2-1-3-10(12)16/h1-6,17H,16H2. The van der Waals surface area contributed by atoms with Gasteiger partial charge in [-0.05, 0) is 24.3 Å². The van der Waals surface area contributed by atoms with Gasteiger partial charge in [0, 0.05) is 6.07 Å². The molecule has 2 aromatic rings. The molecule has 3 N–H and O–H groups in total. The van der Waals surface area contributed by atoms with E-state index in [1.165, 1.54) is 24.3 Å². The van der Waals surface area contributed by atoms with Gasteiger partial charge in [-0.25, -0.2) is 13.2 Å². The van der Waals surface area contributed by atoms with Crippen molar-refractivity contribution in [2.24, 2.45) is 0 Å². The summed E-state index contributed by atoms with van der Waals surface area (Å²) in [5.74, 6) is -2.11. The Morgan fingerprint density at radius 2 is 1.71 bits per heavy atom. The van der Waals surface area contributed by atoms with E-state index in [0.717, 1.165) is 6.07 Å². The highest BCUT2D eigenvalue weighted by molar-refractivity contribution is 5.73. The van der Waals surface area contributed by atoms with Crippen LogP contribution in [0.2, 0.25) is 0 Å². The topological polar surface area (TPSA) is 38.0 Å². The Balaban J connectivity index is 2.38. The number of rotatable bonds is 2. The van der Waals surface area contributed by atoms with Crippen LogP contribution < -0.4 is 11.1 Å². The summed E-state index contributed by atoms with van der Waals surface area (Å²) in [5, 5.41) is 2.49. The van der Waals surface area contributed by atoms with Gasteiger partial charge in [0.1, 0.15) is 17.5 Å². The molecule has 2 nitrogen and oxygen atoms in total. The Morgan fingerprint density at radius 3 is 2.35 bits per heavy atom. The molecule has 0 aliphatic carbocycles. The average molecular weight is 238 g/mol. The number of hydrogen-bond acceptors (Lipinski definition) is 2. The molecule has 17 heavy (non-hydrogen) atoms. The number of anilines is 3. The summed E-state index contributed by atoms with van der Waals surface area (Å²) in [5.41, 5.74) is 5.63. The van der Waals surface area contributed by atoms with Crippen molar-refractivity contribution in [2.75, 3.05) is 11.1 Å². The lowest BCUT2D eigenvalue weighted by Crippen LogP contribution is -2.01. The first-order valence-electron chi connectivity index (χ1n) is 4.84. The van der Waals surface area contributed by atoms with E-state index >= 15 is 0 Å². The van der Waals surface area contributed by atoms with Crippen LogP contribution in [-0.4, -0.2) is 0 Å². The fourth-order valence-electron chi connectivity index (χ4n) is 1.40. The lowest BCUT2D eigenvalue weighted by Gasteiger charge is -2.10. The fourth-order valence-corrected chi connectivity index (χ4v) is 1.40. The third-order valence-corrected chi connectivity index (χ3v) is 2.24. The molecule has 0 aromatic heterocycles. The van der Waals surface area contributed by atoms with Crippen LogP contribution in [0, 0.1) is 17.5 Å². The molecule has 0 unspecified atom stereocenters. The molecule has 0 amide bonds. The maximum atomic E-state index is 13.4. The van der Waals surface area contributed by atoms with Gasteiger partial charge in [-0.1, -0.05) is 6.07 Å². The van der Waals surface area contributed by atoms with Crippen molar-refractivity contribution in [3.05, 3.63) is 53.8 Å². The molecule has 5 heteroatoms. The van der Waals surface area contributed by atoms with Crippen LogP contribution in [0.4, 0.5) is 30.2 Å². The van der Waals surface area contributed by atoms with Gasteiger partial charge in [0.15, 0.2) is 0 Å². The van der Waals surface area contributed by atoms with Crippen molar-refractivity contribution in [1.29, 1.82) is 0 Å². The van der Waals surface area contributed by atoms with Gasteiger partial charge in [-0.3, -0.25) is 0 Å². The first kappa shape index (κ1) is 11.3. The van der Waals surface area contributed by atoms with Crippen molar-refractivity contribution in [3.63, 3.8) is 0 Å². The van der Waals surface area contributed by atoms with Crippen molar-refractivity contribution >= 4 is 17.1 Å². The molecule has 88 valence electrons. The SMILES string of the molecule is Nc1cccc(F)c1Nc1ccc(F)cc1F. The van der Waals surface area contributed by atoms with E-state index < -0.39 is 17.5 Å². The zero-order valence-electron chi connectivity index (χ0n) is 8.68. The Kier molecular flexibility index (Phi) is 2.91. The molecule has 0 aliphatic heterocycles. The lowest BCUT2D eigenvalue weighted by atomic mass is 10.2. The zero-order chi connectivity index (χ0) is 12.4. The molecule has 2 rings (SSSR count). The number of para-hydroxylation sites is 1. The van der Waals surface area contributed by atoms with Gasteiger partial charge in [0.25, 0.3) is 0 Å². The third-order valence-electron chi connectivity index (χ3n) is 2.24. The van der Waals surface area contributed by atoms with Crippen LogP contribution in [-0.2, 0) is 0 Å². The number of nitrogens with two attached hydrogens (primary N) is 1. The minimum absolute atomic E-state index is 0.0296. The summed E-state index contributed by atoms with van der Waals surface area (Å²) < 4.78 is 39.4. The van der Waals surface area contributed by atoms with Gasteiger partial charge >= 0.3 is 0 Å². The molecule has 0 atom stereocenters. The predicted molar refractivity (Wildman–Crippen MR) is 60.5 cm³/mol. The Labute approximate surface area is 95.9 Å². The van der Waals surface area contributed by atoms with Crippen LogP contribution in [0.25, 0.3) is 0 Å². The zero-order valence-corrected chi connectivity index (χ0v) is 8.68. The van der Waals surface area contributed by atoms with Crippen LogP contribution in [0.1, 0.15) is 0 Å². The monoisotopic (exact) mass is 238 g/mol. The molecular formula is C12H9F3N2. The highest BCUT2D eigenvalue weighted by Crippen LogP contribution is 2.27. The van der Waals surface area contributed by atoms with E-state index in [2.05, 4.69) is 5.32 Å². The second-order valence-electron chi connectivity index (χ2n) is 3.45. The van der Waals surface area contributed by atoms with Crippen molar-refractivity contribution in [1.82, 2.24) is 0 Å². The normalized spacial score (nSPS) is 10.3. The quantitative estimate of drug-likeness (QED) is 0.786. The predicted octanol–water partition coefficient (Wildman–Crippen LogP) is 3.43. The van der Waals surface area contributed by atoms with Gasteiger partial charge in [0.05, 0.1) is 17.1 Å². The number of benzene rings is 2. The van der Waals surface area contributed by atoms with Crippen molar-refractivity contribution in [2.45, 2.75) is 0 Å². The fraction of sp³-hybridized carbons (Fsp3) is 0. The molecule has 0 fully saturated rings. The average Bonchev–Trinajstić information content (AvgIpc) is 2.26. The third kappa shape index (κ3) is 2.33. The number of halogens is 3. The molecule has 0 aliphatic rings. The van der Waals surface area contributed by atoms with Crippen LogP contribution >= 0.6 is 0 Å². The van der Waals surface area contributed by atoms with Gasteiger partial charge in [-0.15, -0.1) is 0 Å². The largest absolute Gasteiger partial charge is 0.397 e. The molecular weight excluding hydrogens is 229 g/mol. The first-order valence-corrected chi connectivity index (χ1v) is 4.84. The summed E-state index contributed by atoms with van der Waals surface area (Å²) >= 11 is 0. The molecule has 0 heterocycles. The van der Waals surface area contributed by atoms with Crippen molar-refractivity contribution < 1.29 is 13.2 Å². The summed E-state index contributed by atoms with van der Waals surface area (Å²) in [4.78, 5) is 0. The highest BCUT2D eigenvalue weighted by Gasteiger charge is 2.09. The highest BCUT2D eigenvalue weighted by atomic mass is 19.1. The van der Waals surface area contributed by atoms with Crippen molar-refractivity contribution in [3.8, 4) is 0 Å². The van der Waals surface area contributed by atoms with Crippen LogP contribution in [0.15, 0.2) is 36.4 Å². The maximum Gasteiger partial charge on any atom is 0.149 e. The first-order chi connectivity index (χ1) is 8.08. The van der Waals surface area contributed by atoms with E-state index in [1.807, 2.05) is 0 Å². The van der Waals surface area contributed by atoms with Crippen LogP contribution in [0.5, 0.6) is 0 Å². The maximum absolute atomic E-state index is 13.4. The number of nitrogen functional groups attached to an aromatic ring is 1. The summed E-state index contributed by atoms with van der Waals surface area (Å²) in [6.45, 7) is 0. The Hall–Kier alpha value is -2.17.